The van der Waals surface area contributed by atoms with Gasteiger partial charge in [-0.1, -0.05) is 20.8 Å². The Morgan fingerprint density at radius 3 is 0.769 bits per heavy atom. The van der Waals surface area contributed by atoms with Crippen molar-refractivity contribution in [1.82, 2.24) is 0 Å². The van der Waals surface area contributed by atoms with Crippen molar-refractivity contribution < 1.29 is 14.4 Å². The highest BCUT2D eigenvalue weighted by Gasteiger charge is 1.68. The maximum absolute atomic E-state index is 8.35. The van der Waals surface area contributed by atoms with Crippen molar-refractivity contribution in [2.75, 3.05) is 0 Å². The van der Waals surface area contributed by atoms with Crippen molar-refractivity contribution in [2.24, 2.45) is 5.92 Å². The van der Waals surface area contributed by atoms with E-state index in [4.69, 9.17) is 30.6 Å². The molecule has 0 rings (SSSR count). The van der Waals surface area contributed by atoms with Gasteiger partial charge in [-0.25, -0.2) is 30.6 Å². The third-order valence-electron chi connectivity index (χ3n) is 0. The average Bonchev–Trinajstić information content (AvgIpc) is 1.88. The van der Waals surface area contributed by atoms with Gasteiger partial charge in [0.05, 0.1) is 0 Å². The molecule has 13 heavy (non-hydrogen) atoms. The Morgan fingerprint density at radius 1 is 0.769 bits per heavy atom. The first-order valence-corrected chi connectivity index (χ1v) is 3.09. The fraction of sp³-hybridized carbons (Fsp3) is 0.571. The summed E-state index contributed by atoms with van der Waals surface area (Å²) in [7, 11) is 0. The first kappa shape index (κ1) is 22.5. The van der Waals surface area contributed by atoms with Crippen LogP contribution in [0, 0.1) is 22.1 Å². The van der Waals surface area contributed by atoms with Crippen LogP contribution in [0.5, 0.6) is 0 Å². The minimum absolute atomic E-state index is 0.750. The molecule has 0 spiro atoms. The van der Waals surface area contributed by atoms with Gasteiger partial charge in [-0.2, -0.15) is 0 Å². The number of rotatable bonds is 0. The van der Waals surface area contributed by atoms with E-state index in [2.05, 4.69) is 20.8 Å². The van der Waals surface area contributed by atoms with E-state index in [9.17, 15) is 0 Å². The Bertz CT molecular complexity index is 140. The molecule has 3 N–H and O–H groups in total. The third-order valence-corrected chi connectivity index (χ3v) is 0. The summed E-state index contributed by atoms with van der Waals surface area (Å²) in [6.07, 6.45) is 2.25. The second-order valence-electron chi connectivity index (χ2n) is 2.04. The predicted octanol–water partition coefficient (Wildman–Crippen LogP) is 1.37. The highest BCUT2D eigenvalue weighted by molar-refractivity contribution is 5.26. The van der Waals surface area contributed by atoms with E-state index in [0.717, 1.165) is 24.2 Å². The summed E-state index contributed by atoms with van der Waals surface area (Å²) in [6, 6.07) is 0. The molecule has 0 aliphatic heterocycles. The van der Waals surface area contributed by atoms with Crippen molar-refractivity contribution in [1.29, 1.82) is 16.2 Å². The maximum atomic E-state index is 8.35. The molecule has 0 fully saturated rings. The van der Waals surface area contributed by atoms with Gasteiger partial charge < -0.3 is 0 Å². The molecule has 0 unspecified atom stereocenters. The molecule has 74 valence electrons. The van der Waals surface area contributed by atoms with Crippen molar-refractivity contribution in [3.8, 4) is 0 Å². The summed E-state index contributed by atoms with van der Waals surface area (Å²) < 4.78 is 0. The lowest BCUT2D eigenvalue weighted by atomic mass is 10.3. The zero-order chi connectivity index (χ0) is 11.7. The Labute approximate surface area is 76.5 Å². The maximum Gasteiger partial charge on any atom is 0.231 e. The molecule has 0 atom stereocenters. The molecule has 0 heterocycles. The van der Waals surface area contributed by atoms with Crippen molar-refractivity contribution in [2.45, 2.75) is 20.8 Å². The standard InChI is InChI=1S/C4H10.3CHNO/c1-4(2)3;3*2-1-3/h4H,1-3H3;3*2H. The Kier molecular flexibility index (Phi) is 85.4. The van der Waals surface area contributed by atoms with E-state index in [-0.39, 0.29) is 0 Å². The normalized spacial score (nSPS) is 4.62. The molecule has 0 aromatic carbocycles. The minimum atomic E-state index is 0.750. The van der Waals surface area contributed by atoms with E-state index in [1.165, 1.54) is 0 Å². The molecule has 0 aromatic heterocycles. The molecule has 6 nitrogen and oxygen atoms in total. The van der Waals surface area contributed by atoms with E-state index < -0.39 is 0 Å². The summed E-state index contributed by atoms with van der Waals surface area (Å²) in [6.45, 7) is 6.50. The fourth-order valence-electron chi connectivity index (χ4n) is 0. The van der Waals surface area contributed by atoms with Crippen LogP contribution in [-0.2, 0) is 14.4 Å². The molecule has 6 heteroatoms. The quantitative estimate of drug-likeness (QED) is 0.391. The summed E-state index contributed by atoms with van der Waals surface area (Å²) in [5.74, 6) is 0.833. The van der Waals surface area contributed by atoms with Crippen LogP contribution in [0.15, 0.2) is 0 Å². The van der Waals surface area contributed by atoms with Gasteiger partial charge in [0.2, 0.25) is 18.2 Å². The van der Waals surface area contributed by atoms with Crippen LogP contribution in [0.3, 0.4) is 0 Å². The Balaban J connectivity index is -0.0000000420. The van der Waals surface area contributed by atoms with Crippen LogP contribution in [0.2, 0.25) is 0 Å². The topological polar surface area (TPSA) is 123 Å². The zero-order valence-corrected chi connectivity index (χ0v) is 7.80. The Morgan fingerprint density at radius 2 is 0.769 bits per heavy atom. The first-order chi connectivity index (χ1) is 5.97. The summed E-state index contributed by atoms with van der Waals surface area (Å²) in [5, 5.41) is 16.2. The second kappa shape index (κ2) is 49.4. The van der Waals surface area contributed by atoms with Crippen LogP contribution in [0.4, 0.5) is 0 Å². The van der Waals surface area contributed by atoms with E-state index in [1.54, 1.807) is 0 Å². The SMILES string of the molecule is CC(C)C.N=C=O.N=C=O.N=C=O. The second-order valence-corrected chi connectivity index (χ2v) is 2.04. The van der Waals surface area contributed by atoms with E-state index >= 15 is 0 Å². The van der Waals surface area contributed by atoms with Crippen LogP contribution < -0.4 is 0 Å². The van der Waals surface area contributed by atoms with Crippen LogP contribution >= 0.6 is 0 Å². The van der Waals surface area contributed by atoms with Crippen LogP contribution in [0.1, 0.15) is 20.8 Å². The molecule has 0 saturated heterocycles. The van der Waals surface area contributed by atoms with Gasteiger partial charge in [0, 0.05) is 0 Å². The summed E-state index contributed by atoms with van der Waals surface area (Å²) in [5.41, 5.74) is 0. The molecule has 0 bridgehead atoms. The smallest absolute Gasteiger partial charge is 0.222 e. The lowest BCUT2D eigenvalue weighted by molar-refractivity contribution is 0.562. The first-order valence-electron chi connectivity index (χ1n) is 3.09. The molecule has 0 saturated carbocycles. The number of carbonyl (C=O) groups excluding carboxylic acids is 3. The van der Waals surface area contributed by atoms with E-state index in [1.807, 2.05) is 0 Å². The lowest BCUT2D eigenvalue weighted by Gasteiger charge is -1.79. The highest BCUT2D eigenvalue weighted by Crippen LogP contribution is 1.81. The van der Waals surface area contributed by atoms with Gasteiger partial charge in [-0.05, 0) is 5.92 Å². The van der Waals surface area contributed by atoms with Gasteiger partial charge in [-0.15, -0.1) is 0 Å². The molecular weight excluding hydrogens is 174 g/mol. The van der Waals surface area contributed by atoms with E-state index in [0.29, 0.717) is 0 Å². The zero-order valence-electron chi connectivity index (χ0n) is 7.80. The Hall–Kier alpha value is -1.86. The fourth-order valence-corrected chi connectivity index (χ4v) is 0. The minimum Gasteiger partial charge on any atom is -0.222 e. The lowest BCUT2D eigenvalue weighted by Crippen LogP contribution is -1.66. The van der Waals surface area contributed by atoms with Crippen LogP contribution in [-0.4, -0.2) is 18.2 Å². The molecule has 0 aliphatic carbocycles. The van der Waals surface area contributed by atoms with Gasteiger partial charge in [-0.3, -0.25) is 0 Å². The average molecular weight is 187 g/mol. The molecule has 0 radical (unpaired) electrons. The van der Waals surface area contributed by atoms with Crippen molar-refractivity contribution in [3.63, 3.8) is 0 Å². The molecule has 0 aromatic rings. The highest BCUT2D eigenvalue weighted by atomic mass is 16.1. The van der Waals surface area contributed by atoms with Crippen molar-refractivity contribution >= 4 is 18.2 Å². The largest absolute Gasteiger partial charge is 0.231 e. The summed E-state index contributed by atoms with van der Waals surface area (Å²) in [4.78, 5) is 25.0. The third kappa shape index (κ3) is 194. The van der Waals surface area contributed by atoms with Crippen LogP contribution in [0.25, 0.3) is 0 Å². The number of hydrogen-bond donors (Lipinski definition) is 3. The van der Waals surface area contributed by atoms with Gasteiger partial charge >= 0.3 is 0 Å². The number of nitrogens with one attached hydrogen (secondary N) is 3. The molecule has 0 amide bonds. The van der Waals surface area contributed by atoms with Gasteiger partial charge in [0.15, 0.2) is 0 Å². The number of isocyanates is 3. The monoisotopic (exact) mass is 187 g/mol. The predicted molar refractivity (Wildman–Crippen MR) is 45.8 cm³/mol. The number of hydrogen-bond acceptors (Lipinski definition) is 6. The van der Waals surface area contributed by atoms with Gasteiger partial charge in [0.1, 0.15) is 0 Å². The van der Waals surface area contributed by atoms with Crippen molar-refractivity contribution in [3.05, 3.63) is 0 Å². The molecular formula is C7H13N3O3. The molecule has 0 aliphatic rings. The van der Waals surface area contributed by atoms with Gasteiger partial charge in [0.25, 0.3) is 0 Å². The summed E-state index contributed by atoms with van der Waals surface area (Å²) >= 11 is 0.